The molecular formula is C30H31F2N5O2S. The molecule has 0 aliphatic carbocycles. The molecular weight excluding hydrogens is 532 g/mol. The van der Waals surface area contributed by atoms with Crippen molar-refractivity contribution in [3.8, 4) is 22.4 Å². The average molecular weight is 564 g/mol. The molecule has 10 heteroatoms. The van der Waals surface area contributed by atoms with Gasteiger partial charge in [0.15, 0.2) is 0 Å². The van der Waals surface area contributed by atoms with Crippen LogP contribution in [-0.2, 0) is 5.91 Å². The normalized spacial score (nSPS) is 17.5. The first-order valence-corrected chi connectivity index (χ1v) is 14.5. The number of aromatic nitrogens is 2. The highest BCUT2D eigenvalue weighted by molar-refractivity contribution is 7.99. The molecule has 4 aromatic rings. The van der Waals surface area contributed by atoms with Gasteiger partial charge in [0.05, 0.1) is 28.5 Å². The molecule has 0 spiro atoms. The molecule has 0 bridgehead atoms. The summed E-state index contributed by atoms with van der Waals surface area (Å²) in [7, 11) is 2.13. The number of rotatable bonds is 5. The van der Waals surface area contributed by atoms with Crippen LogP contribution in [0.3, 0.4) is 0 Å². The summed E-state index contributed by atoms with van der Waals surface area (Å²) in [5, 5.41) is 21.5. The lowest BCUT2D eigenvalue weighted by Gasteiger charge is -2.37. The molecule has 6 rings (SSSR count). The summed E-state index contributed by atoms with van der Waals surface area (Å²) in [4.78, 5) is 15.4. The van der Waals surface area contributed by atoms with Crippen molar-refractivity contribution in [1.82, 2.24) is 19.8 Å². The number of nitrogens with zero attached hydrogens (tertiary/aromatic N) is 5. The van der Waals surface area contributed by atoms with Crippen LogP contribution in [0.5, 0.6) is 0 Å². The number of aliphatic hydroxyl groups is 2. The van der Waals surface area contributed by atoms with Crippen molar-refractivity contribution >= 4 is 28.5 Å². The minimum Gasteiger partial charge on any atom is -0.369 e. The Labute approximate surface area is 236 Å². The standard InChI is InChI=1S/C30H31F2N5O2S/c1-35-9-11-36(12-10-35)22-7-5-20(6-8-22)27-19-33-26-4-2-3-23(29(26)34-27)21-17-24(31)28(25(32)18-21)30(38,39)37-13-15-40-16-14-37/h2-8,17-19,38-39H,9-16H2,1H3. The van der Waals surface area contributed by atoms with Gasteiger partial charge in [-0.25, -0.2) is 18.7 Å². The van der Waals surface area contributed by atoms with Gasteiger partial charge in [0.25, 0.3) is 5.91 Å². The van der Waals surface area contributed by atoms with Crippen molar-refractivity contribution in [3.63, 3.8) is 0 Å². The molecule has 208 valence electrons. The van der Waals surface area contributed by atoms with E-state index in [-0.39, 0.29) is 5.56 Å². The van der Waals surface area contributed by atoms with Gasteiger partial charge in [-0.1, -0.05) is 24.3 Å². The number of hydrogen-bond acceptors (Lipinski definition) is 8. The lowest BCUT2D eigenvalue weighted by molar-refractivity contribution is -0.276. The SMILES string of the molecule is CN1CCN(c2ccc(-c3cnc4cccc(-c5cc(F)c(C(O)(O)N6CCSCC6)c(F)c5)c4n3)cc2)CC1. The van der Waals surface area contributed by atoms with E-state index in [0.29, 0.717) is 46.9 Å². The fourth-order valence-corrected chi connectivity index (χ4v) is 6.30. The highest BCUT2D eigenvalue weighted by atomic mass is 32.2. The Morgan fingerprint density at radius 2 is 1.52 bits per heavy atom. The van der Waals surface area contributed by atoms with Crippen LogP contribution in [0, 0.1) is 11.6 Å². The Balaban J connectivity index is 1.33. The lowest BCUT2D eigenvalue weighted by Crippen LogP contribution is -2.50. The Bertz CT molecular complexity index is 1500. The maximum atomic E-state index is 15.4. The number of likely N-dealkylation sites (N-methyl/N-ethyl adjacent to an activating group) is 1. The van der Waals surface area contributed by atoms with E-state index in [1.165, 1.54) is 4.90 Å². The van der Waals surface area contributed by atoms with Crippen LogP contribution >= 0.6 is 11.8 Å². The van der Waals surface area contributed by atoms with E-state index in [4.69, 9.17) is 4.98 Å². The van der Waals surface area contributed by atoms with Crippen LogP contribution in [0.15, 0.2) is 60.8 Å². The van der Waals surface area contributed by atoms with Gasteiger partial charge in [-0.05, 0) is 42.9 Å². The lowest BCUT2D eigenvalue weighted by atomic mass is 9.99. The van der Waals surface area contributed by atoms with Crippen LogP contribution in [0.2, 0.25) is 0 Å². The summed E-state index contributed by atoms with van der Waals surface area (Å²) in [6.07, 6.45) is 1.70. The Morgan fingerprint density at radius 3 is 2.20 bits per heavy atom. The van der Waals surface area contributed by atoms with E-state index in [9.17, 15) is 10.2 Å². The Kier molecular flexibility index (Phi) is 7.45. The number of fused-ring (bicyclic) bond motifs is 1. The van der Waals surface area contributed by atoms with E-state index < -0.39 is 23.1 Å². The average Bonchev–Trinajstić information content (AvgIpc) is 2.97. The molecule has 0 atom stereocenters. The molecule has 2 aliphatic rings. The van der Waals surface area contributed by atoms with Crippen molar-refractivity contribution in [3.05, 3.63) is 78.0 Å². The maximum absolute atomic E-state index is 15.4. The van der Waals surface area contributed by atoms with Gasteiger partial charge in [0, 0.05) is 67.6 Å². The third kappa shape index (κ3) is 5.17. The molecule has 0 saturated carbocycles. The summed E-state index contributed by atoms with van der Waals surface area (Å²) in [5.74, 6) is -3.49. The minimum absolute atomic E-state index is 0.242. The third-order valence-corrected chi connectivity index (χ3v) is 8.69. The summed E-state index contributed by atoms with van der Waals surface area (Å²) >= 11 is 1.66. The number of halogens is 2. The molecule has 3 heterocycles. The van der Waals surface area contributed by atoms with Crippen molar-refractivity contribution in [2.75, 3.05) is 62.7 Å². The van der Waals surface area contributed by atoms with E-state index in [0.717, 1.165) is 49.6 Å². The molecule has 0 unspecified atom stereocenters. The van der Waals surface area contributed by atoms with E-state index in [2.05, 4.69) is 34.0 Å². The molecule has 1 aromatic heterocycles. The molecule has 2 N–H and O–H groups in total. The molecule has 2 saturated heterocycles. The Hall–Kier alpha value is -3.15. The van der Waals surface area contributed by atoms with Crippen molar-refractivity contribution in [2.24, 2.45) is 0 Å². The largest absolute Gasteiger partial charge is 0.369 e. The number of benzene rings is 3. The smallest absolute Gasteiger partial charge is 0.259 e. The third-order valence-electron chi connectivity index (χ3n) is 7.74. The number of piperazine rings is 1. The molecule has 0 amide bonds. The van der Waals surface area contributed by atoms with Gasteiger partial charge >= 0.3 is 0 Å². The molecule has 3 aromatic carbocycles. The minimum atomic E-state index is -2.74. The first kappa shape index (κ1) is 27.0. The zero-order chi connectivity index (χ0) is 27.9. The molecule has 40 heavy (non-hydrogen) atoms. The highest BCUT2D eigenvalue weighted by Crippen LogP contribution is 2.35. The zero-order valence-electron chi connectivity index (χ0n) is 22.2. The summed E-state index contributed by atoms with van der Waals surface area (Å²) in [5.41, 5.74) is 3.76. The molecule has 7 nitrogen and oxygen atoms in total. The first-order chi connectivity index (χ1) is 19.3. The molecule has 2 aliphatic heterocycles. The highest BCUT2D eigenvalue weighted by Gasteiger charge is 2.40. The van der Waals surface area contributed by atoms with Crippen LogP contribution in [0.1, 0.15) is 5.56 Å². The van der Waals surface area contributed by atoms with Gasteiger partial charge in [-0.15, -0.1) is 0 Å². The van der Waals surface area contributed by atoms with Gasteiger partial charge in [-0.2, -0.15) is 11.8 Å². The quantitative estimate of drug-likeness (QED) is 0.351. The molecule has 2 fully saturated rings. The summed E-state index contributed by atoms with van der Waals surface area (Å²) < 4.78 is 30.7. The van der Waals surface area contributed by atoms with Crippen molar-refractivity contribution in [1.29, 1.82) is 0 Å². The fraction of sp³-hybridized carbons (Fsp3) is 0.333. The zero-order valence-corrected chi connectivity index (χ0v) is 23.0. The fourth-order valence-electron chi connectivity index (χ4n) is 5.40. The van der Waals surface area contributed by atoms with Gasteiger partial charge < -0.3 is 20.0 Å². The van der Waals surface area contributed by atoms with E-state index in [1.54, 1.807) is 36.2 Å². The predicted octanol–water partition coefficient (Wildman–Crippen LogP) is 4.14. The van der Waals surface area contributed by atoms with Crippen molar-refractivity contribution in [2.45, 2.75) is 5.91 Å². The van der Waals surface area contributed by atoms with Crippen molar-refractivity contribution < 1.29 is 19.0 Å². The van der Waals surface area contributed by atoms with Crippen LogP contribution in [0.4, 0.5) is 14.5 Å². The number of hydrogen-bond donors (Lipinski definition) is 2. The Morgan fingerprint density at radius 1 is 0.850 bits per heavy atom. The summed E-state index contributed by atoms with van der Waals surface area (Å²) in [6, 6.07) is 15.7. The van der Waals surface area contributed by atoms with Gasteiger partial charge in [-0.3, -0.25) is 4.98 Å². The number of thioether (sulfide) groups is 1. The second-order valence-corrected chi connectivity index (χ2v) is 11.5. The van der Waals surface area contributed by atoms with Crippen LogP contribution < -0.4 is 4.90 Å². The number of anilines is 1. The molecule has 0 radical (unpaired) electrons. The summed E-state index contributed by atoms with van der Waals surface area (Å²) in [6.45, 7) is 4.64. The van der Waals surface area contributed by atoms with Gasteiger partial charge in [0.1, 0.15) is 11.6 Å². The topological polar surface area (TPSA) is 76.0 Å². The van der Waals surface area contributed by atoms with Gasteiger partial charge in [0.2, 0.25) is 0 Å². The van der Waals surface area contributed by atoms with E-state index in [1.807, 2.05) is 12.1 Å². The van der Waals surface area contributed by atoms with E-state index >= 15 is 8.78 Å². The second kappa shape index (κ2) is 11.0. The van der Waals surface area contributed by atoms with Crippen LogP contribution in [0.25, 0.3) is 33.4 Å². The first-order valence-electron chi connectivity index (χ1n) is 13.4. The predicted molar refractivity (Wildman–Crippen MR) is 155 cm³/mol. The number of para-hydroxylation sites is 1. The van der Waals surface area contributed by atoms with Crippen LogP contribution in [-0.4, -0.2) is 87.8 Å². The monoisotopic (exact) mass is 563 g/mol. The maximum Gasteiger partial charge on any atom is 0.259 e. The second-order valence-electron chi connectivity index (χ2n) is 10.3.